The molecule has 0 nitrogen and oxygen atoms in total. The van der Waals surface area contributed by atoms with Crippen LogP contribution in [0.2, 0.25) is 0 Å². The maximum absolute atomic E-state index is 2.47. The van der Waals surface area contributed by atoms with Crippen LogP contribution >= 0.6 is 0 Å². The third kappa shape index (κ3) is 3.00. The van der Waals surface area contributed by atoms with Gasteiger partial charge in [0, 0.05) is 0 Å². The van der Waals surface area contributed by atoms with Crippen molar-refractivity contribution in [3.63, 3.8) is 0 Å². The topological polar surface area (TPSA) is 0 Å². The molecular weight excluding hydrogens is 156 g/mol. The van der Waals surface area contributed by atoms with E-state index in [0.29, 0.717) is 0 Å². The second kappa shape index (κ2) is 5.02. The Balaban J connectivity index is 2.21. The highest BCUT2D eigenvalue weighted by Crippen LogP contribution is 2.56. The molecule has 1 rings (SSSR count). The fraction of sp³-hybridized carbons (Fsp3) is 1.00. The summed E-state index contributed by atoms with van der Waals surface area (Å²) in [4.78, 5) is 0. The maximum atomic E-state index is 2.47. The van der Waals surface area contributed by atoms with E-state index < -0.39 is 0 Å². The molecule has 0 aromatic heterocycles. The van der Waals surface area contributed by atoms with Gasteiger partial charge in [0.25, 0.3) is 0 Å². The van der Waals surface area contributed by atoms with Gasteiger partial charge in [0.05, 0.1) is 0 Å². The standard InChI is InChI=1S/C13H26/c1-4-6-7-9-13(10-11-13)12(3)8-5-2/h12H,4-11H2,1-3H3. The summed E-state index contributed by atoms with van der Waals surface area (Å²) in [5, 5.41) is 0. The normalized spacial score (nSPS) is 21.5. The van der Waals surface area contributed by atoms with Crippen LogP contribution in [0.15, 0.2) is 0 Å². The molecular formula is C13H26. The largest absolute Gasteiger partial charge is 0.0654 e. The Morgan fingerprint density at radius 1 is 1.08 bits per heavy atom. The number of unbranched alkanes of at least 4 members (excludes halogenated alkanes) is 2. The number of hydrogen-bond donors (Lipinski definition) is 0. The average Bonchev–Trinajstić information content (AvgIpc) is 2.87. The smallest absolute Gasteiger partial charge is 0.0271 e. The third-order valence-electron chi connectivity index (χ3n) is 3.94. The molecule has 0 amide bonds. The van der Waals surface area contributed by atoms with Crippen molar-refractivity contribution in [3.8, 4) is 0 Å². The van der Waals surface area contributed by atoms with Crippen LogP contribution in [0.3, 0.4) is 0 Å². The highest BCUT2D eigenvalue weighted by Gasteiger charge is 2.45. The predicted octanol–water partition coefficient (Wildman–Crippen LogP) is 4.78. The van der Waals surface area contributed by atoms with E-state index in [2.05, 4.69) is 20.8 Å². The van der Waals surface area contributed by atoms with Crippen LogP contribution in [-0.2, 0) is 0 Å². The number of hydrogen-bond acceptors (Lipinski definition) is 0. The molecule has 1 fully saturated rings. The molecule has 0 aromatic rings. The summed E-state index contributed by atoms with van der Waals surface area (Å²) in [5.41, 5.74) is 0.811. The Kier molecular flexibility index (Phi) is 4.28. The van der Waals surface area contributed by atoms with Gasteiger partial charge in [-0.15, -0.1) is 0 Å². The van der Waals surface area contributed by atoms with Crippen LogP contribution in [0.4, 0.5) is 0 Å². The summed E-state index contributed by atoms with van der Waals surface area (Å²) in [7, 11) is 0. The fourth-order valence-corrected chi connectivity index (χ4v) is 2.62. The van der Waals surface area contributed by atoms with Gasteiger partial charge in [0.2, 0.25) is 0 Å². The first-order chi connectivity index (χ1) is 6.25. The molecule has 1 atom stereocenters. The van der Waals surface area contributed by atoms with Crippen LogP contribution in [0.1, 0.15) is 72.1 Å². The molecule has 0 spiro atoms. The molecule has 0 heteroatoms. The van der Waals surface area contributed by atoms with E-state index in [0.717, 1.165) is 11.3 Å². The van der Waals surface area contributed by atoms with Crippen molar-refractivity contribution in [3.05, 3.63) is 0 Å². The lowest BCUT2D eigenvalue weighted by atomic mass is 9.83. The van der Waals surface area contributed by atoms with E-state index >= 15 is 0 Å². The van der Waals surface area contributed by atoms with Crippen LogP contribution in [0.25, 0.3) is 0 Å². The SMILES string of the molecule is CCCCCC1(C(C)CCC)CC1. The van der Waals surface area contributed by atoms with Gasteiger partial charge in [-0.2, -0.15) is 0 Å². The van der Waals surface area contributed by atoms with Crippen molar-refractivity contribution in [1.82, 2.24) is 0 Å². The van der Waals surface area contributed by atoms with E-state index in [1.54, 1.807) is 0 Å². The minimum Gasteiger partial charge on any atom is -0.0654 e. The average molecular weight is 182 g/mol. The molecule has 13 heavy (non-hydrogen) atoms. The van der Waals surface area contributed by atoms with E-state index in [9.17, 15) is 0 Å². The molecule has 0 heterocycles. The zero-order chi connectivity index (χ0) is 9.73. The molecule has 0 saturated heterocycles. The van der Waals surface area contributed by atoms with Crippen LogP contribution < -0.4 is 0 Å². The Morgan fingerprint density at radius 2 is 1.77 bits per heavy atom. The van der Waals surface area contributed by atoms with E-state index in [1.807, 2.05) is 0 Å². The van der Waals surface area contributed by atoms with Crippen molar-refractivity contribution in [2.24, 2.45) is 11.3 Å². The highest BCUT2D eigenvalue weighted by molar-refractivity contribution is 4.96. The van der Waals surface area contributed by atoms with Crippen LogP contribution in [0.5, 0.6) is 0 Å². The van der Waals surface area contributed by atoms with Gasteiger partial charge in [-0.3, -0.25) is 0 Å². The molecule has 0 aromatic carbocycles. The van der Waals surface area contributed by atoms with Crippen molar-refractivity contribution in [1.29, 1.82) is 0 Å². The lowest BCUT2D eigenvalue weighted by Crippen LogP contribution is -2.12. The molecule has 0 bridgehead atoms. The van der Waals surface area contributed by atoms with E-state index in [4.69, 9.17) is 0 Å². The van der Waals surface area contributed by atoms with E-state index in [-0.39, 0.29) is 0 Å². The van der Waals surface area contributed by atoms with Crippen molar-refractivity contribution >= 4 is 0 Å². The van der Waals surface area contributed by atoms with Gasteiger partial charge in [0.15, 0.2) is 0 Å². The van der Waals surface area contributed by atoms with Crippen molar-refractivity contribution in [2.75, 3.05) is 0 Å². The summed E-state index contributed by atoms with van der Waals surface area (Å²) in [6.07, 6.45) is 11.7. The van der Waals surface area contributed by atoms with Gasteiger partial charge in [-0.25, -0.2) is 0 Å². The molecule has 0 radical (unpaired) electrons. The van der Waals surface area contributed by atoms with Crippen molar-refractivity contribution in [2.45, 2.75) is 72.1 Å². The van der Waals surface area contributed by atoms with Gasteiger partial charge < -0.3 is 0 Å². The van der Waals surface area contributed by atoms with E-state index in [1.165, 1.54) is 51.4 Å². The fourth-order valence-electron chi connectivity index (χ4n) is 2.62. The molecule has 0 aliphatic heterocycles. The second-order valence-corrected chi connectivity index (χ2v) is 5.01. The lowest BCUT2D eigenvalue weighted by Gasteiger charge is -2.22. The van der Waals surface area contributed by atoms with Crippen LogP contribution in [0, 0.1) is 11.3 Å². The molecule has 78 valence electrons. The molecule has 0 N–H and O–H groups in total. The monoisotopic (exact) mass is 182 g/mol. The quantitative estimate of drug-likeness (QED) is 0.497. The molecule has 1 aliphatic rings. The van der Waals surface area contributed by atoms with Gasteiger partial charge >= 0.3 is 0 Å². The first kappa shape index (κ1) is 11.1. The first-order valence-corrected chi connectivity index (χ1v) is 6.25. The Hall–Kier alpha value is 0. The molecule has 1 saturated carbocycles. The minimum absolute atomic E-state index is 0.811. The first-order valence-electron chi connectivity index (χ1n) is 6.25. The zero-order valence-electron chi connectivity index (χ0n) is 9.73. The molecule has 1 unspecified atom stereocenters. The zero-order valence-corrected chi connectivity index (χ0v) is 9.73. The Labute approximate surface area is 84.1 Å². The predicted molar refractivity (Wildman–Crippen MR) is 59.9 cm³/mol. The Morgan fingerprint density at radius 3 is 2.23 bits per heavy atom. The van der Waals surface area contributed by atoms with Crippen LogP contribution in [-0.4, -0.2) is 0 Å². The molecule has 1 aliphatic carbocycles. The maximum Gasteiger partial charge on any atom is -0.0271 e. The highest BCUT2D eigenvalue weighted by atomic mass is 14.5. The Bertz CT molecular complexity index is 133. The summed E-state index contributed by atoms with van der Waals surface area (Å²) in [6.45, 7) is 7.09. The van der Waals surface area contributed by atoms with Crippen molar-refractivity contribution < 1.29 is 0 Å². The van der Waals surface area contributed by atoms with Gasteiger partial charge in [0.1, 0.15) is 0 Å². The van der Waals surface area contributed by atoms with Gasteiger partial charge in [-0.05, 0) is 30.6 Å². The summed E-state index contributed by atoms with van der Waals surface area (Å²) in [5.74, 6) is 0.995. The summed E-state index contributed by atoms with van der Waals surface area (Å²) >= 11 is 0. The summed E-state index contributed by atoms with van der Waals surface area (Å²) in [6, 6.07) is 0. The summed E-state index contributed by atoms with van der Waals surface area (Å²) < 4.78 is 0. The number of rotatable bonds is 7. The minimum atomic E-state index is 0.811. The third-order valence-corrected chi connectivity index (χ3v) is 3.94. The second-order valence-electron chi connectivity index (χ2n) is 5.01. The lowest BCUT2D eigenvalue weighted by molar-refractivity contribution is 0.281. The van der Waals surface area contributed by atoms with Gasteiger partial charge in [-0.1, -0.05) is 52.9 Å².